The standard InChI is InChI=1S/C16H23N5O/c1-4-6-9-16(3,18)21-15-13(14(17)22)19-11(5-2)12(20-15)10-7-8-10/h4,6,9-10H,1,5,7-8,18H2,2-3H3,(H2,17,22)(H,20,21)/b9-6-. The lowest BCUT2D eigenvalue weighted by Crippen LogP contribution is -2.43. The molecule has 1 atom stereocenters. The van der Waals surface area contributed by atoms with Gasteiger partial charge in [0.15, 0.2) is 11.5 Å². The van der Waals surface area contributed by atoms with Crippen molar-refractivity contribution in [3.8, 4) is 0 Å². The Kier molecular flexibility index (Phi) is 4.61. The summed E-state index contributed by atoms with van der Waals surface area (Å²) in [6, 6.07) is 0. The largest absolute Gasteiger partial charge is 0.364 e. The highest BCUT2D eigenvalue weighted by Gasteiger charge is 2.30. The van der Waals surface area contributed by atoms with Crippen molar-refractivity contribution in [1.29, 1.82) is 0 Å². The maximum absolute atomic E-state index is 11.7. The zero-order valence-electron chi connectivity index (χ0n) is 13.1. The first kappa shape index (κ1) is 16.2. The summed E-state index contributed by atoms with van der Waals surface area (Å²) in [4.78, 5) is 20.7. The quantitative estimate of drug-likeness (QED) is 0.526. The van der Waals surface area contributed by atoms with Crippen LogP contribution in [0.15, 0.2) is 24.8 Å². The number of carbonyl (C=O) groups excluding carboxylic acids is 1. The van der Waals surface area contributed by atoms with E-state index < -0.39 is 11.6 Å². The van der Waals surface area contributed by atoms with E-state index in [2.05, 4.69) is 21.9 Å². The van der Waals surface area contributed by atoms with Crippen molar-refractivity contribution in [2.24, 2.45) is 11.5 Å². The molecule has 0 bridgehead atoms. The number of hydrogen-bond acceptors (Lipinski definition) is 5. The van der Waals surface area contributed by atoms with Gasteiger partial charge in [-0.25, -0.2) is 9.97 Å². The summed E-state index contributed by atoms with van der Waals surface area (Å²) in [5, 5.41) is 3.05. The van der Waals surface area contributed by atoms with Gasteiger partial charge in [0.1, 0.15) is 5.66 Å². The summed E-state index contributed by atoms with van der Waals surface area (Å²) in [6.07, 6.45) is 8.02. The van der Waals surface area contributed by atoms with Crippen LogP contribution in [0.5, 0.6) is 0 Å². The van der Waals surface area contributed by atoms with Crippen LogP contribution in [0.4, 0.5) is 5.82 Å². The van der Waals surface area contributed by atoms with Gasteiger partial charge in [-0.15, -0.1) is 0 Å². The zero-order valence-corrected chi connectivity index (χ0v) is 13.1. The Balaban J connectivity index is 2.43. The molecule has 2 rings (SSSR count). The van der Waals surface area contributed by atoms with Crippen LogP contribution in [0.2, 0.25) is 0 Å². The SMILES string of the molecule is C=C/C=C\C(C)(N)Nc1nc(C2CC2)c(CC)nc1C(N)=O. The monoisotopic (exact) mass is 301 g/mol. The summed E-state index contributed by atoms with van der Waals surface area (Å²) in [5.74, 6) is 0.151. The van der Waals surface area contributed by atoms with Crippen molar-refractivity contribution in [3.05, 3.63) is 41.9 Å². The van der Waals surface area contributed by atoms with Gasteiger partial charge in [0.2, 0.25) is 0 Å². The van der Waals surface area contributed by atoms with Crippen LogP contribution in [-0.4, -0.2) is 21.5 Å². The minimum absolute atomic E-state index is 0.130. The van der Waals surface area contributed by atoms with Gasteiger partial charge in [-0.3, -0.25) is 4.79 Å². The number of rotatable bonds is 7. The first-order valence-corrected chi connectivity index (χ1v) is 7.46. The first-order chi connectivity index (χ1) is 10.4. The molecule has 0 aromatic carbocycles. The average molecular weight is 301 g/mol. The Morgan fingerprint density at radius 1 is 1.50 bits per heavy atom. The van der Waals surface area contributed by atoms with Gasteiger partial charge < -0.3 is 16.8 Å². The maximum Gasteiger partial charge on any atom is 0.271 e. The van der Waals surface area contributed by atoms with E-state index in [0.717, 1.165) is 30.7 Å². The Labute approximate surface area is 130 Å². The second-order valence-corrected chi connectivity index (χ2v) is 5.75. The van der Waals surface area contributed by atoms with E-state index >= 15 is 0 Å². The number of amides is 1. The van der Waals surface area contributed by atoms with Crippen molar-refractivity contribution in [2.45, 2.75) is 44.7 Å². The third-order valence-electron chi connectivity index (χ3n) is 3.50. The van der Waals surface area contributed by atoms with Crippen LogP contribution in [0.25, 0.3) is 0 Å². The van der Waals surface area contributed by atoms with Crippen molar-refractivity contribution in [3.63, 3.8) is 0 Å². The number of anilines is 1. The second kappa shape index (κ2) is 6.27. The van der Waals surface area contributed by atoms with Gasteiger partial charge in [0.25, 0.3) is 5.91 Å². The minimum Gasteiger partial charge on any atom is -0.364 e. The fourth-order valence-corrected chi connectivity index (χ4v) is 2.25. The lowest BCUT2D eigenvalue weighted by Gasteiger charge is -2.24. The van der Waals surface area contributed by atoms with E-state index in [1.54, 1.807) is 25.2 Å². The fourth-order valence-electron chi connectivity index (χ4n) is 2.25. The number of carbonyl (C=O) groups is 1. The number of aromatic nitrogens is 2. The van der Waals surface area contributed by atoms with Crippen molar-refractivity contribution < 1.29 is 4.79 Å². The summed E-state index contributed by atoms with van der Waals surface area (Å²) >= 11 is 0. The third kappa shape index (κ3) is 3.71. The Hall–Kier alpha value is -2.21. The number of primary amides is 1. The normalized spacial score (nSPS) is 17.2. The lowest BCUT2D eigenvalue weighted by molar-refractivity contribution is 0.0995. The molecule has 1 heterocycles. The Bertz CT molecular complexity index is 617. The molecule has 1 aromatic rings. The van der Waals surface area contributed by atoms with Crippen LogP contribution >= 0.6 is 0 Å². The van der Waals surface area contributed by atoms with Crippen molar-refractivity contribution >= 4 is 11.7 Å². The molecule has 5 N–H and O–H groups in total. The highest BCUT2D eigenvalue weighted by Crippen LogP contribution is 2.41. The van der Waals surface area contributed by atoms with Gasteiger partial charge >= 0.3 is 0 Å². The van der Waals surface area contributed by atoms with E-state index in [9.17, 15) is 4.79 Å². The number of allylic oxidation sites excluding steroid dienone is 2. The minimum atomic E-state index is -0.887. The molecule has 6 nitrogen and oxygen atoms in total. The predicted octanol–water partition coefficient (Wildman–Crippen LogP) is 1.84. The van der Waals surface area contributed by atoms with Gasteiger partial charge in [-0.05, 0) is 32.3 Å². The number of aryl methyl sites for hydroxylation is 1. The van der Waals surface area contributed by atoms with Crippen molar-refractivity contribution in [2.75, 3.05) is 5.32 Å². The molecule has 22 heavy (non-hydrogen) atoms. The molecular weight excluding hydrogens is 278 g/mol. The molecule has 0 saturated heterocycles. The molecule has 1 aliphatic carbocycles. The van der Waals surface area contributed by atoms with E-state index in [0.29, 0.717) is 11.7 Å². The Morgan fingerprint density at radius 3 is 2.68 bits per heavy atom. The van der Waals surface area contributed by atoms with Crippen LogP contribution in [0.3, 0.4) is 0 Å². The number of nitrogens with zero attached hydrogens (tertiary/aromatic N) is 2. The van der Waals surface area contributed by atoms with E-state index in [1.165, 1.54) is 0 Å². The number of hydrogen-bond donors (Lipinski definition) is 3. The molecule has 1 amide bonds. The molecule has 118 valence electrons. The first-order valence-electron chi connectivity index (χ1n) is 7.46. The average Bonchev–Trinajstić information content (AvgIpc) is 3.28. The Morgan fingerprint density at radius 2 is 2.18 bits per heavy atom. The van der Waals surface area contributed by atoms with Gasteiger partial charge in [-0.2, -0.15) is 0 Å². The molecule has 1 saturated carbocycles. The number of nitrogens with one attached hydrogen (secondary N) is 1. The topological polar surface area (TPSA) is 107 Å². The molecule has 0 spiro atoms. The predicted molar refractivity (Wildman–Crippen MR) is 87.5 cm³/mol. The molecule has 1 aromatic heterocycles. The highest BCUT2D eigenvalue weighted by molar-refractivity contribution is 5.95. The van der Waals surface area contributed by atoms with E-state index in [1.807, 2.05) is 6.92 Å². The summed E-state index contributed by atoms with van der Waals surface area (Å²) in [5.41, 5.74) is 12.6. The smallest absolute Gasteiger partial charge is 0.271 e. The van der Waals surface area contributed by atoms with Crippen LogP contribution in [0, 0.1) is 0 Å². The molecule has 6 heteroatoms. The van der Waals surface area contributed by atoms with E-state index in [4.69, 9.17) is 11.5 Å². The van der Waals surface area contributed by atoms with Gasteiger partial charge in [0.05, 0.1) is 11.4 Å². The van der Waals surface area contributed by atoms with Crippen LogP contribution < -0.4 is 16.8 Å². The molecular formula is C16H23N5O. The van der Waals surface area contributed by atoms with Crippen molar-refractivity contribution in [1.82, 2.24) is 9.97 Å². The summed E-state index contributed by atoms with van der Waals surface area (Å²) in [6.45, 7) is 7.37. The third-order valence-corrected chi connectivity index (χ3v) is 3.50. The molecule has 0 radical (unpaired) electrons. The summed E-state index contributed by atoms with van der Waals surface area (Å²) < 4.78 is 0. The summed E-state index contributed by atoms with van der Waals surface area (Å²) in [7, 11) is 0. The molecule has 1 unspecified atom stereocenters. The lowest BCUT2D eigenvalue weighted by atomic mass is 10.1. The maximum atomic E-state index is 11.7. The zero-order chi connectivity index (χ0) is 16.3. The van der Waals surface area contributed by atoms with Crippen LogP contribution in [0.1, 0.15) is 54.5 Å². The molecule has 0 aliphatic heterocycles. The molecule has 1 aliphatic rings. The second-order valence-electron chi connectivity index (χ2n) is 5.75. The molecule has 1 fully saturated rings. The fraction of sp³-hybridized carbons (Fsp3) is 0.438. The highest BCUT2D eigenvalue weighted by atomic mass is 16.1. The number of nitrogens with two attached hydrogens (primary N) is 2. The van der Waals surface area contributed by atoms with Gasteiger partial charge in [0, 0.05) is 5.92 Å². The van der Waals surface area contributed by atoms with E-state index in [-0.39, 0.29) is 5.69 Å². The van der Waals surface area contributed by atoms with Gasteiger partial charge in [-0.1, -0.05) is 25.7 Å². The van der Waals surface area contributed by atoms with Crippen LogP contribution in [-0.2, 0) is 6.42 Å².